The summed E-state index contributed by atoms with van der Waals surface area (Å²) in [5.41, 5.74) is 1.85. The molecule has 1 fully saturated rings. The maximum atomic E-state index is 13.5. The molecule has 0 aromatic heterocycles. The van der Waals surface area contributed by atoms with E-state index >= 15 is 0 Å². The van der Waals surface area contributed by atoms with Crippen molar-refractivity contribution in [2.75, 3.05) is 40.4 Å². The van der Waals surface area contributed by atoms with Crippen molar-refractivity contribution in [1.29, 1.82) is 0 Å². The Morgan fingerprint density at radius 2 is 1.78 bits per heavy atom. The van der Waals surface area contributed by atoms with Crippen LogP contribution in [0, 0.1) is 5.82 Å². The predicted octanol–water partition coefficient (Wildman–Crippen LogP) is 1.31. The van der Waals surface area contributed by atoms with Gasteiger partial charge in [0.1, 0.15) is 23.9 Å². The summed E-state index contributed by atoms with van der Waals surface area (Å²) >= 11 is 0. The van der Waals surface area contributed by atoms with Gasteiger partial charge in [-0.2, -0.15) is 0 Å². The van der Waals surface area contributed by atoms with Crippen molar-refractivity contribution < 1.29 is 23.6 Å². The maximum Gasteiger partial charge on any atom is 0.227 e. The topological polar surface area (TPSA) is 43.2 Å². The number of carbonyl (C=O) groups is 1. The molecule has 1 aliphatic rings. The molecule has 0 unspecified atom stereocenters. The second-order valence-electron chi connectivity index (χ2n) is 6.79. The third-order valence-corrected chi connectivity index (χ3v) is 5.02. The number of nitrogens with one attached hydrogen (secondary N) is 1. The van der Waals surface area contributed by atoms with Crippen LogP contribution >= 0.6 is 0 Å². The van der Waals surface area contributed by atoms with E-state index in [2.05, 4.69) is 0 Å². The average molecular weight is 373 g/mol. The molecule has 1 saturated heterocycles. The van der Waals surface area contributed by atoms with Gasteiger partial charge in [0.25, 0.3) is 0 Å². The van der Waals surface area contributed by atoms with Gasteiger partial charge in [0.2, 0.25) is 5.91 Å². The number of ether oxygens (including phenoxy) is 2. The van der Waals surface area contributed by atoms with Crippen LogP contribution in [0.2, 0.25) is 0 Å². The van der Waals surface area contributed by atoms with Crippen LogP contribution in [0.1, 0.15) is 11.1 Å². The number of rotatable bonds is 6. The molecule has 3 rings (SSSR count). The molecule has 2 aromatic carbocycles. The zero-order valence-electron chi connectivity index (χ0n) is 15.8. The molecule has 5 nitrogen and oxygen atoms in total. The Morgan fingerprint density at radius 3 is 2.41 bits per heavy atom. The van der Waals surface area contributed by atoms with Crippen molar-refractivity contribution >= 4 is 5.91 Å². The summed E-state index contributed by atoms with van der Waals surface area (Å²) in [6.45, 7) is 3.80. The van der Waals surface area contributed by atoms with Gasteiger partial charge in [0.15, 0.2) is 0 Å². The molecule has 1 N–H and O–H groups in total. The number of quaternary nitrogens is 1. The van der Waals surface area contributed by atoms with E-state index in [0.29, 0.717) is 31.8 Å². The molecule has 0 atom stereocenters. The van der Waals surface area contributed by atoms with E-state index in [9.17, 15) is 9.18 Å². The number of amides is 1. The number of nitrogens with zero attached hydrogens (tertiary/aromatic N) is 1. The predicted molar refractivity (Wildman–Crippen MR) is 101 cm³/mol. The smallest absolute Gasteiger partial charge is 0.227 e. The van der Waals surface area contributed by atoms with E-state index in [4.69, 9.17) is 9.47 Å². The first-order valence-electron chi connectivity index (χ1n) is 9.15. The number of halogens is 1. The normalized spacial score (nSPS) is 14.9. The summed E-state index contributed by atoms with van der Waals surface area (Å²) in [5.74, 6) is 1.39. The van der Waals surface area contributed by atoms with Gasteiger partial charge in [-0.15, -0.1) is 0 Å². The van der Waals surface area contributed by atoms with Crippen LogP contribution in [0.5, 0.6) is 11.5 Å². The van der Waals surface area contributed by atoms with Crippen LogP contribution in [-0.4, -0.2) is 51.2 Å². The third kappa shape index (κ3) is 4.98. The van der Waals surface area contributed by atoms with Gasteiger partial charge in [-0.3, -0.25) is 4.79 Å². The third-order valence-electron chi connectivity index (χ3n) is 5.02. The lowest BCUT2D eigenvalue weighted by Crippen LogP contribution is -3.13. The van der Waals surface area contributed by atoms with Gasteiger partial charge in [0.05, 0.1) is 52.4 Å². The fourth-order valence-corrected chi connectivity index (χ4v) is 3.43. The molecule has 0 radical (unpaired) electrons. The Hall–Kier alpha value is -2.60. The van der Waals surface area contributed by atoms with Crippen LogP contribution in [0.25, 0.3) is 0 Å². The highest BCUT2D eigenvalue weighted by Gasteiger charge is 2.24. The van der Waals surface area contributed by atoms with Crippen molar-refractivity contribution in [1.82, 2.24) is 4.90 Å². The molecule has 2 aromatic rings. The first-order chi connectivity index (χ1) is 13.1. The SMILES string of the molecule is COc1ccc(CC(=O)N2CC[NH+](Cc3cc(F)ccc3OC)CC2)cc1. The van der Waals surface area contributed by atoms with Crippen molar-refractivity contribution in [3.8, 4) is 11.5 Å². The molecule has 144 valence electrons. The highest BCUT2D eigenvalue weighted by molar-refractivity contribution is 5.78. The summed E-state index contributed by atoms with van der Waals surface area (Å²) in [7, 11) is 3.23. The number of carbonyl (C=O) groups excluding carboxylic acids is 1. The van der Waals surface area contributed by atoms with Crippen molar-refractivity contribution in [3.05, 3.63) is 59.4 Å². The van der Waals surface area contributed by atoms with E-state index in [1.807, 2.05) is 29.2 Å². The molecule has 1 amide bonds. The van der Waals surface area contributed by atoms with Gasteiger partial charge in [0, 0.05) is 0 Å². The fourth-order valence-electron chi connectivity index (χ4n) is 3.43. The minimum Gasteiger partial charge on any atom is -0.497 e. The van der Waals surface area contributed by atoms with Gasteiger partial charge in [-0.25, -0.2) is 4.39 Å². The van der Waals surface area contributed by atoms with Crippen LogP contribution in [-0.2, 0) is 17.8 Å². The lowest BCUT2D eigenvalue weighted by atomic mass is 10.1. The Balaban J connectivity index is 1.52. The van der Waals surface area contributed by atoms with Crippen molar-refractivity contribution in [2.45, 2.75) is 13.0 Å². The van der Waals surface area contributed by atoms with Crippen LogP contribution in [0.15, 0.2) is 42.5 Å². The fraction of sp³-hybridized carbons (Fsp3) is 0.381. The molecule has 0 bridgehead atoms. The number of hydrogen-bond donors (Lipinski definition) is 1. The zero-order valence-corrected chi connectivity index (χ0v) is 15.8. The lowest BCUT2D eigenvalue weighted by molar-refractivity contribution is -0.917. The van der Waals surface area contributed by atoms with E-state index in [1.165, 1.54) is 17.0 Å². The second-order valence-corrected chi connectivity index (χ2v) is 6.79. The Bertz CT molecular complexity index is 771. The quantitative estimate of drug-likeness (QED) is 0.831. The first-order valence-corrected chi connectivity index (χ1v) is 9.15. The molecule has 1 aliphatic heterocycles. The molecule has 0 aliphatic carbocycles. The number of methoxy groups -OCH3 is 2. The number of hydrogen-bond acceptors (Lipinski definition) is 3. The van der Waals surface area contributed by atoms with E-state index in [0.717, 1.165) is 30.0 Å². The molecular weight excluding hydrogens is 347 g/mol. The molecule has 1 heterocycles. The Kier molecular flexibility index (Phi) is 6.29. The molecular formula is C21H26FN2O3+. The summed E-state index contributed by atoms with van der Waals surface area (Å²) in [6.07, 6.45) is 0.400. The minimum absolute atomic E-state index is 0.141. The van der Waals surface area contributed by atoms with Crippen LogP contribution in [0.4, 0.5) is 4.39 Å². The van der Waals surface area contributed by atoms with Gasteiger partial charge in [-0.1, -0.05) is 12.1 Å². The van der Waals surface area contributed by atoms with Crippen LogP contribution in [0.3, 0.4) is 0 Å². The summed E-state index contributed by atoms with van der Waals surface area (Å²) < 4.78 is 24.0. The van der Waals surface area contributed by atoms with Crippen LogP contribution < -0.4 is 14.4 Å². The van der Waals surface area contributed by atoms with E-state index in [-0.39, 0.29) is 11.7 Å². The highest BCUT2D eigenvalue weighted by atomic mass is 19.1. The molecule has 0 saturated carbocycles. The Labute approximate surface area is 159 Å². The Morgan fingerprint density at radius 1 is 1.07 bits per heavy atom. The molecule has 27 heavy (non-hydrogen) atoms. The summed E-state index contributed by atoms with van der Waals surface area (Å²) in [5, 5.41) is 0. The first kappa shape index (κ1) is 19.2. The van der Waals surface area contributed by atoms with Gasteiger partial charge < -0.3 is 19.3 Å². The van der Waals surface area contributed by atoms with Crippen molar-refractivity contribution in [3.63, 3.8) is 0 Å². The number of piperazine rings is 1. The van der Waals surface area contributed by atoms with E-state index < -0.39 is 0 Å². The zero-order chi connectivity index (χ0) is 19.2. The second kappa shape index (κ2) is 8.86. The highest BCUT2D eigenvalue weighted by Crippen LogP contribution is 2.18. The average Bonchev–Trinajstić information content (AvgIpc) is 2.69. The standard InChI is InChI=1S/C21H25FN2O3/c1-26-19-6-3-16(4-7-19)13-21(25)24-11-9-23(10-12-24)15-17-14-18(22)5-8-20(17)27-2/h3-8,14H,9-13,15H2,1-2H3/p+1. The lowest BCUT2D eigenvalue weighted by Gasteiger charge is -2.32. The molecule has 0 spiro atoms. The number of benzene rings is 2. The van der Waals surface area contributed by atoms with E-state index in [1.54, 1.807) is 20.3 Å². The minimum atomic E-state index is -0.251. The largest absolute Gasteiger partial charge is 0.497 e. The van der Waals surface area contributed by atoms with Gasteiger partial charge in [-0.05, 0) is 35.9 Å². The van der Waals surface area contributed by atoms with Gasteiger partial charge >= 0.3 is 0 Å². The van der Waals surface area contributed by atoms with Crippen molar-refractivity contribution in [2.24, 2.45) is 0 Å². The maximum absolute atomic E-state index is 13.5. The summed E-state index contributed by atoms with van der Waals surface area (Å²) in [6, 6.07) is 12.2. The monoisotopic (exact) mass is 373 g/mol. The molecule has 6 heteroatoms. The summed E-state index contributed by atoms with van der Waals surface area (Å²) in [4.78, 5) is 15.8.